The smallest absolute Gasteiger partial charge is 0.113 e. The summed E-state index contributed by atoms with van der Waals surface area (Å²) in [7, 11) is 6.64. The van der Waals surface area contributed by atoms with Gasteiger partial charge in [0.05, 0.1) is 16.8 Å². The van der Waals surface area contributed by atoms with Crippen LogP contribution in [0.15, 0.2) is 144 Å². The second-order valence-corrected chi connectivity index (χ2v) is 11.4. The topological polar surface area (TPSA) is 3.24 Å². The quantitative estimate of drug-likeness (QED) is 0.178. The lowest BCUT2D eigenvalue weighted by atomic mass is 9.60. The Morgan fingerprint density at radius 1 is 0.475 bits per heavy atom. The highest BCUT2D eigenvalue weighted by Gasteiger charge is 2.49. The van der Waals surface area contributed by atoms with E-state index >= 15 is 0 Å². The number of halogens is 1. The third-order valence-electron chi connectivity index (χ3n) is 8.45. The molecule has 1 aliphatic heterocycles. The summed E-state index contributed by atoms with van der Waals surface area (Å²) in [6.07, 6.45) is 0. The number of hydrogen-bond acceptors (Lipinski definition) is 1. The average molecular weight is 572 g/mol. The molecular weight excluding hydrogens is 549 g/mol. The zero-order valence-electron chi connectivity index (χ0n) is 21.7. The number of nitrogens with zero attached hydrogens (tertiary/aromatic N) is 1. The third-order valence-corrected chi connectivity index (χ3v) is 8.95. The molecule has 2 radical (unpaired) electrons. The molecule has 0 aromatic heterocycles. The molecule has 6 aromatic rings. The highest BCUT2D eigenvalue weighted by atomic mass is 79.9. The van der Waals surface area contributed by atoms with Crippen LogP contribution in [-0.2, 0) is 5.41 Å². The molecule has 0 saturated heterocycles. The van der Waals surface area contributed by atoms with Crippen LogP contribution in [-0.4, -0.2) is 7.85 Å². The maximum absolute atomic E-state index is 6.64. The second-order valence-electron chi connectivity index (χ2n) is 10.5. The fraction of sp³-hybridized carbons (Fsp3) is 0.0270. The van der Waals surface area contributed by atoms with E-state index in [0.29, 0.717) is 0 Å². The largest absolute Gasteiger partial charge is 0.310 e. The monoisotopic (exact) mass is 571 g/mol. The minimum atomic E-state index is -0.610. The van der Waals surface area contributed by atoms with Gasteiger partial charge in [0.1, 0.15) is 7.85 Å². The van der Waals surface area contributed by atoms with Crippen molar-refractivity contribution >= 4 is 46.3 Å². The van der Waals surface area contributed by atoms with Gasteiger partial charge in [0.2, 0.25) is 0 Å². The van der Waals surface area contributed by atoms with Gasteiger partial charge in [-0.1, -0.05) is 125 Å². The molecule has 0 fully saturated rings. The van der Waals surface area contributed by atoms with Crippen molar-refractivity contribution in [2.24, 2.45) is 0 Å². The first kappa shape index (κ1) is 23.5. The summed E-state index contributed by atoms with van der Waals surface area (Å²) in [6.45, 7) is 0. The van der Waals surface area contributed by atoms with Crippen molar-refractivity contribution in [2.75, 3.05) is 4.90 Å². The van der Waals surface area contributed by atoms with Crippen molar-refractivity contribution in [1.29, 1.82) is 0 Å². The van der Waals surface area contributed by atoms with E-state index in [-0.39, 0.29) is 0 Å². The van der Waals surface area contributed by atoms with Gasteiger partial charge >= 0.3 is 0 Å². The van der Waals surface area contributed by atoms with Crippen LogP contribution in [0.1, 0.15) is 22.3 Å². The molecule has 1 nitrogen and oxygen atoms in total. The van der Waals surface area contributed by atoms with E-state index in [9.17, 15) is 0 Å². The lowest BCUT2D eigenvalue weighted by Crippen LogP contribution is -2.39. The summed E-state index contributed by atoms with van der Waals surface area (Å²) in [5, 5.41) is 0. The SMILES string of the molecule is [B]c1ccc2c(c1)C1(c3ccccc3-c3ccccc3-c3ccccc31)c1cc(Br)ccc1N2c1ccccc1. The standard InChI is InChI=1S/C37H23BBrN/c38-24-18-20-35-33(22-24)37(34-23-25(39)19-21-36(34)40(35)26-10-2-1-3-11-26)31-16-8-6-14-29(31)27-12-4-5-13-28(27)30-15-7-9-17-32(30)37/h1-23H. The molecule has 0 atom stereocenters. The predicted molar refractivity (Wildman–Crippen MR) is 171 cm³/mol. The van der Waals surface area contributed by atoms with Gasteiger partial charge in [-0.25, -0.2) is 0 Å². The third kappa shape index (κ3) is 3.16. The summed E-state index contributed by atoms with van der Waals surface area (Å²) in [6, 6.07) is 50.3. The average Bonchev–Trinajstić information content (AvgIpc) is 3.11. The number of benzene rings is 6. The number of para-hydroxylation sites is 1. The number of fused-ring (bicyclic) bond motifs is 11. The van der Waals surface area contributed by atoms with Gasteiger partial charge in [0, 0.05) is 10.2 Å². The molecule has 1 spiro atoms. The molecule has 186 valence electrons. The highest BCUT2D eigenvalue weighted by Crippen LogP contribution is 2.62. The Hall–Kier alpha value is -4.34. The first-order valence-corrected chi connectivity index (χ1v) is 14.3. The zero-order chi connectivity index (χ0) is 26.8. The second kappa shape index (κ2) is 8.84. The van der Waals surface area contributed by atoms with Crippen LogP contribution < -0.4 is 10.4 Å². The molecular formula is C37H23BBrN. The van der Waals surface area contributed by atoms with Gasteiger partial charge in [-0.05, 0) is 80.9 Å². The predicted octanol–water partition coefficient (Wildman–Crippen LogP) is 9.06. The van der Waals surface area contributed by atoms with Crippen molar-refractivity contribution in [3.63, 3.8) is 0 Å². The number of hydrogen-bond donors (Lipinski definition) is 0. The minimum Gasteiger partial charge on any atom is -0.310 e. The molecule has 0 unspecified atom stereocenters. The molecule has 0 bridgehead atoms. The van der Waals surface area contributed by atoms with E-state index in [1.807, 2.05) is 6.07 Å². The highest BCUT2D eigenvalue weighted by molar-refractivity contribution is 9.10. The Kier molecular flexibility index (Phi) is 5.20. The molecule has 6 aromatic carbocycles. The first-order chi connectivity index (χ1) is 19.7. The van der Waals surface area contributed by atoms with Crippen LogP contribution in [0.4, 0.5) is 17.1 Å². The Bertz CT molecular complexity index is 1820. The van der Waals surface area contributed by atoms with Crippen molar-refractivity contribution in [3.05, 3.63) is 166 Å². The van der Waals surface area contributed by atoms with E-state index in [2.05, 4.69) is 154 Å². The minimum absolute atomic E-state index is 0.610. The number of rotatable bonds is 1. The molecule has 2 aliphatic rings. The van der Waals surface area contributed by atoms with Crippen LogP contribution in [0.5, 0.6) is 0 Å². The van der Waals surface area contributed by atoms with Gasteiger partial charge in [-0.15, -0.1) is 0 Å². The summed E-state index contributed by atoms with van der Waals surface area (Å²) in [4.78, 5) is 2.38. The van der Waals surface area contributed by atoms with Gasteiger partial charge in [0.25, 0.3) is 0 Å². The van der Waals surface area contributed by atoms with Crippen LogP contribution in [0.2, 0.25) is 0 Å². The summed E-state index contributed by atoms with van der Waals surface area (Å²) in [5.41, 5.74) is 13.4. The number of anilines is 3. The van der Waals surface area contributed by atoms with Crippen molar-refractivity contribution < 1.29 is 0 Å². The molecule has 0 saturated carbocycles. The first-order valence-electron chi connectivity index (χ1n) is 13.5. The lowest BCUT2D eigenvalue weighted by Gasteiger charge is -2.47. The summed E-state index contributed by atoms with van der Waals surface area (Å²) >= 11 is 3.86. The Balaban J connectivity index is 1.63. The van der Waals surface area contributed by atoms with Gasteiger partial charge < -0.3 is 4.90 Å². The molecule has 1 heterocycles. The van der Waals surface area contributed by atoms with E-state index < -0.39 is 5.41 Å². The molecule has 0 amide bonds. The van der Waals surface area contributed by atoms with Gasteiger partial charge in [-0.3, -0.25) is 0 Å². The van der Waals surface area contributed by atoms with E-state index in [4.69, 9.17) is 7.85 Å². The fourth-order valence-corrected chi connectivity index (χ4v) is 7.31. The normalized spacial score (nSPS) is 13.9. The Labute approximate surface area is 244 Å². The van der Waals surface area contributed by atoms with Gasteiger partial charge in [0.15, 0.2) is 0 Å². The molecule has 3 heteroatoms. The van der Waals surface area contributed by atoms with Gasteiger partial charge in [-0.2, -0.15) is 0 Å². The molecule has 8 rings (SSSR count). The summed E-state index contributed by atoms with van der Waals surface area (Å²) < 4.78 is 1.04. The van der Waals surface area contributed by atoms with Crippen molar-refractivity contribution in [3.8, 4) is 22.3 Å². The van der Waals surface area contributed by atoms with Crippen LogP contribution in [0, 0.1) is 0 Å². The maximum Gasteiger partial charge on any atom is 0.113 e. The van der Waals surface area contributed by atoms with E-state index in [0.717, 1.165) is 27.0 Å². The summed E-state index contributed by atoms with van der Waals surface area (Å²) in [5.74, 6) is 0. The molecule has 1 aliphatic carbocycles. The van der Waals surface area contributed by atoms with Crippen LogP contribution in [0.25, 0.3) is 22.3 Å². The van der Waals surface area contributed by atoms with E-state index in [1.54, 1.807) is 0 Å². The maximum atomic E-state index is 6.64. The fourth-order valence-electron chi connectivity index (χ4n) is 6.95. The van der Waals surface area contributed by atoms with Crippen molar-refractivity contribution in [2.45, 2.75) is 5.41 Å². The zero-order valence-corrected chi connectivity index (χ0v) is 23.3. The molecule has 40 heavy (non-hydrogen) atoms. The Morgan fingerprint density at radius 3 is 1.60 bits per heavy atom. The lowest BCUT2D eigenvalue weighted by molar-refractivity contribution is 0.737. The van der Waals surface area contributed by atoms with Crippen molar-refractivity contribution in [1.82, 2.24) is 0 Å². The molecule has 0 N–H and O–H groups in total. The van der Waals surface area contributed by atoms with E-state index in [1.165, 1.54) is 44.5 Å². The van der Waals surface area contributed by atoms with Crippen LogP contribution in [0.3, 0.4) is 0 Å². The van der Waals surface area contributed by atoms with Crippen LogP contribution >= 0.6 is 15.9 Å². The Morgan fingerprint density at radius 2 is 0.975 bits per heavy atom.